The minimum Gasteiger partial charge on any atom is -0.322 e. The fourth-order valence-corrected chi connectivity index (χ4v) is 1.00. The van der Waals surface area contributed by atoms with E-state index in [9.17, 15) is 13.6 Å². The number of hydrogen-bond acceptors (Lipinski definition) is 2. The Morgan fingerprint density at radius 3 is 2.86 bits per heavy atom. The van der Waals surface area contributed by atoms with Crippen molar-refractivity contribution in [3.05, 3.63) is 11.4 Å². The van der Waals surface area contributed by atoms with E-state index in [1.165, 1.54) is 6.92 Å². The van der Waals surface area contributed by atoms with Crippen molar-refractivity contribution >= 4 is 23.2 Å². The van der Waals surface area contributed by atoms with Gasteiger partial charge in [-0.25, -0.2) is 8.78 Å². The van der Waals surface area contributed by atoms with Crippen molar-refractivity contribution in [2.24, 2.45) is 0 Å². The molecule has 2 N–H and O–H groups in total. The summed E-state index contributed by atoms with van der Waals surface area (Å²) in [6, 6.07) is 0. The van der Waals surface area contributed by atoms with Gasteiger partial charge in [-0.15, -0.1) is 11.6 Å². The number of alkyl halides is 3. The number of aryl methyl sites for hydroxylation is 1. The lowest BCUT2D eigenvalue weighted by molar-refractivity contribution is -0.113. The maximum atomic E-state index is 12.3. The molecule has 78 valence electrons. The van der Waals surface area contributed by atoms with Gasteiger partial charge in [-0.3, -0.25) is 9.89 Å². The molecule has 0 bridgehead atoms. The van der Waals surface area contributed by atoms with Crippen LogP contribution in [0.25, 0.3) is 0 Å². The monoisotopic (exact) mass is 223 g/mol. The number of nitrogens with zero attached hydrogens (tertiary/aromatic N) is 1. The van der Waals surface area contributed by atoms with Crippen LogP contribution >= 0.6 is 11.6 Å². The third kappa shape index (κ3) is 2.20. The van der Waals surface area contributed by atoms with Crippen LogP contribution in [0.4, 0.5) is 14.5 Å². The normalized spacial score (nSPS) is 10.6. The Bertz CT molecular complexity index is 340. The quantitative estimate of drug-likeness (QED) is 0.768. The molecule has 0 fully saturated rings. The molecule has 0 radical (unpaired) electrons. The number of carbonyl (C=O) groups excluding carboxylic acids is 1. The Hall–Kier alpha value is -1.17. The summed E-state index contributed by atoms with van der Waals surface area (Å²) in [5, 5.41) is 7.98. The van der Waals surface area contributed by atoms with Crippen molar-refractivity contribution in [1.82, 2.24) is 10.2 Å². The molecule has 0 aliphatic carbocycles. The molecule has 1 rings (SSSR count). The summed E-state index contributed by atoms with van der Waals surface area (Å²) in [6.45, 7) is 1.53. The number of amides is 1. The number of nitrogens with one attached hydrogen (secondary N) is 2. The van der Waals surface area contributed by atoms with Crippen molar-refractivity contribution in [3.63, 3.8) is 0 Å². The fraction of sp³-hybridized carbons (Fsp3) is 0.429. The van der Waals surface area contributed by atoms with E-state index in [-0.39, 0.29) is 11.6 Å². The van der Waals surface area contributed by atoms with Crippen molar-refractivity contribution in [3.8, 4) is 0 Å². The van der Waals surface area contributed by atoms with E-state index in [4.69, 9.17) is 11.6 Å². The third-order valence-corrected chi connectivity index (χ3v) is 1.81. The lowest BCUT2D eigenvalue weighted by Crippen LogP contribution is -2.14. The number of halogens is 3. The van der Waals surface area contributed by atoms with E-state index in [1.54, 1.807) is 0 Å². The van der Waals surface area contributed by atoms with Gasteiger partial charge in [0.25, 0.3) is 6.43 Å². The van der Waals surface area contributed by atoms with Crippen LogP contribution < -0.4 is 5.32 Å². The molecule has 1 aromatic rings. The van der Waals surface area contributed by atoms with E-state index < -0.39 is 18.0 Å². The van der Waals surface area contributed by atoms with Gasteiger partial charge in [-0.2, -0.15) is 5.10 Å². The Morgan fingerprint density at radius 1 is 1.71 bits per heavy atom. The zero-order chi connectivity index (χ0) is 10.7. The molecular formula is C7H8ClF2N3O. The van der Waals surface area contributed by atoms with Gasteiger partial charge in [0.05, 0.1) is 11.4 Å². The molecule has 0 saturated heterocycles. The highest BCUT2D eigenvalue weighted by molar-refractivity contribution is 6.29. The van der Waals surface area contributed by atoms with E-state index in [0.29, 0.717) is 5.69 Å². The highest BCUT2D eigenvalue weighted by Gasteiger charge is 2.20. The summed E-state index contributed by atoms with van der Waals surface area (Å²) in [6.07, 6.45) is -2.73. The molecule has 0 aromatic carbocycles. The zero-order valence-corrected chi connectivity index (χ0v) is 8.03. The molecule has 0 aliphatic heterocycles. The third-order valence-electron chi connectivity index (χ3n) is 1.57. The van der Waals surface area contributed by atoms with Crippen LogP contribution in [0.5, 0.6) is 0 Å². The van der Waals surface area contributed by atoms with Gasteiger partial charge >= 0.3 is 0 Å². The van der Waals surface area contributed by atoms with Crippen molar-refractivity contribution in [1.29, 1.82) is 0 Å². The SMILES string of the molecule is Cc1[nH]nc(C(F)F)c1NC(=O)CCl. The first-order chi connectivity index (χ1) is 6.56. The number of carbonyl (C=O) groups is 1. The molecule has 0 unspecified atom stereocenters. The first-order valence-electron chi connectivity index (χ1n) is 3.75. The number of hydrogen-bond donors (Lipinski definition) is 2. The summed E-state index contributed by atoms with van der Waals surface area (Å²) in [7, 11) is 0. The molecule has 0 saturated carbocycles. The van der Waals surface area contributed by atoms with E-state index in [0.717, 1.165) is 0 Å². The Morgan fingerprint density at radius 2 is 2.36 bits per heavy atom. The average Bonchev–Trinajstić information content (AvgIpc) is 2.48. The first kappa shape index (κ1) is 10.9. The number of rotatable bonds is 3. The maximum absolute atomic E-state index is 12.3. The summed E-state index contributed by atoms with van der Waals surface area (Å²) >= 11 is 5.22. The summed E-state index contributed by atoms with van der Waals surface area (Å²) in [5.74, 6) is -0.828. The highest BCUT2D eigenvalue weighted by Crippen LogP contribution is 2.27. The van der Waals surface area contributed by atoms with E-state index in [1.807, 2.05) is 0 Å². The summed E-state index contributed by atoms with van der Waals surface area (Å²) in [5.41, 5.74) is -0.0922. The second-order valence-electron chi connectivity index (χ2n) is 2.59. The molecule has 1 aromatic heterocycles. The van der Waals surface area contributed by atoms with Gasteiger partial charge in [0.2, 0.25) is 5.91 Å². The fourth-order valence-electron chi connectivity index (χ4n) is 0.937. The number of H-pyrrole nitrogens is 1. The van der Waals surface area contributed by atoms with Crippen LogP contribution in [0.15, 0.2) is 0 Å². The van der Waals surface area contributed by atoms with Crippen LogP contribution in [0.2, 0.25) is 0 Å². The average molecular weight is 224 g/mol. The Labute approximate surface area is 83.6 Å². The molecule has 0 aliphatic rings. The van der Waals surface area contributed by atoms with Crippen LogP contribution in [0, 0.1) is 6.92 Å². The van der Waals surface area contributed by atoms with Crippen LogP contribution in [-0.4, -0.2) is 22.0 Å². The molecule has 0 atom stereocenters. The van der Waals surface area contributed by atoms with Gasteiger partial charge in [-0.1, -0.05) is 0 Å². The summed E-state index contributed by atoms with van der Waals surface area (Å²) in [4.78, 5) is 10.9. The maximum Gasteiger partial charge on any atom is 0.284 e. The molecule has 4 nitrogen and oxygen atoms in total. The van der Waals surface area contributed by atoms with Gasteiger partial charge in [0.1, 0.15) is 5.88 Å². The van der Waals surface area contributed by atoms with Gasteiger partial charge in [-0.05, 0) is 6.92 Å². The lowest BCUT2D eigenvalue weighted by Gasteiger charge is -2.03. The lowest BCUT2D eigenvalue weighted by atomic mass is 10.3. The molecule has 1 amide bonds. The first-order valence-corrected chi connectivity index (χ1v) is 4.28. The largest absolute Gasteiger partial charge is 0.322 e. The molecule has 7 heteroatoms. The topological polar surface area (TPSA) is 57.8 Å². The minimum absolute atomic E-state index is 0.00523. The van der Waals surface area contributed by atoms with Crippen molar-refractivity contribution in [2.45, 2.75) is 13.3 Å². The predicted octanol–water partition coefficient (Wildman–Crippen LogP) is 1.83. The van der Waals surface area contributed by atoms with Crippen molar-refractivity contribution < 1.29 is 13.6 Å². The number of anilines is 1. The molecule has 1 heterocycles. The predicted molar refractivity (Wildman–Crippen MR) is 47.6 cm³/mol. The standard InChI is InChI=1S/C7H8ClF2N3O/c1-3-5(11-4(14)2-8)6(7(9)10)13-12-3/h7H,2H2,1H3,(H,11,14)(H,12,13). The summed E-state index contributed by atoms with van der Waals surface area (Å²) < 4.78 is 24.7. The second-order valence-corrected chi connectivity index (χ2v) is 2.86. The van der Waals surface area contributed by atoms with E-state index >= 15 is 0 Å². The van der Waals surface area contributed by atoms with E-state index in [2.05, 4.69) is 15.5 Å². The van der Waals surface area contributed by atoms with Crippen LogP contribution in [0.1, 0.15) is 17.8 Å². The Balaban J connectivity index is 2.93. The second kappa shape index (κ2) is 4.36. The minimum atomic E-state index is -2.73. The smallest absolute Gasteiger partial charge is 0.284 e. The van der Waals surface area contributed by atoms with Gasteiger partial charge in [0, 0.05) is 0 Å². The van der Waals surface area contributed by atoms with Gasteiger partial charge in [0.15, 0.2) is 5.69 Å². The van der Waals surface area contributed by atoms with Crippen molar-refractivity contribution in [2.75, 3.05) is 11.2 Å². The highest BCUT2D eigenvalue weighted by atomic mass is 35.5. The molecule has 0 spiro atoms. The van der Waals surface area contributed by atoms with Gasteiger partial charge < -0.3 is 5.32 Å². The Kier molecular flexibility index (Phi) is 3.40. The van der Waals surface area contributed by atoms with Crippen LogP contribution in [-0.2, 0) is 4.79 Å². The molecular weight excluding hydrogens is 216 g/mol. The molecule has 14 heavy (non-hydrogen) atoms. The zero-order valence-electron chi connectivity index (χ0n) is 7.27. The van der Waals surface area contributed by atoms with Crippen LogP contribution in [0.3, 0.4) is 0 Å². The number of aromatic nitrogens is 2. The number of aromatic amines is 1.